The second kappa shape index (κ2) is 5.25. The molecule has 1 aromatic heterocycles. The number of aryl methyl sites for hydroxylation is 1. The zero-order valence-electron chi connectivity index (χ0n) is 10.7. The second-order valence-corrected chi connectivity index (χ2v) is 5.17. The number of aromatic nitrogens is 2. The number of halogens is 2. The van der Waals surface area contributed by atoms with Gasteiger partial charge in [0.1, 0.15) is 5.82 Å². The van der Waals surface area contributed by atoms with E-state index >= 15 is 0 Å². The van der Waals surface area contributed by atoms with Crippen LogP contribution in [0.15, 0.2) is 29.1 Å². The third-order valence-corrected chi connectivity index (χ3v) is 3.67. The largest absolute Gasteiger partial charge is 0.383 e. The average molecular weight is 294 g/mol. The van der Waals surface area contributed by atoms with Crippen LogP contribution in [0.3, 0.4) is 0 Å². The van der Waals surface area contributed by atoms with Crippen molar-refractivity contribution >= 4 is 17.3 Å². The van der Waals surface area contributed by atoms with Crippen molar-refractivity contribution in [3.05, 3.63) is 56.7 Å². The lowest BCUT2D eigenvalue weighted by Crippen LogP contribution is -2.27. The van der Waals surface area contributed by atoms with Gasteiger partial charge in [0.15, 0.2) is 0 Å². The zero-order chi connectivity index (χ0) is 14.1. The van der Waals surface area contributed by atoms with Crippen molar-refractivity contribution in [1.29, 1.82) is 0 Å². The molecule has 2 aromatic rings. The van der Waals surface area contributed by atoms with Crippen LogP contribution in [0.5, 0.6) is 0 Å². The molecule has 0 atom stereocenters. The fourth-order valence-corrected chi connectivity index (χ4v) is 2.50. The number of nitrogens with one attached hydrogen (secondary N) is 1. The van der Waals surface area contributed by atoms with Crippen LogP contribution in [0, 0.1) is 5.82 Å². The minimum Gasteiger partial charge on any atom is -0.383 e. The summed E-state index contributed by atoms with van der Waals surface area (Å²) in [7, 11) is 0. The van der Waals surface area contributed by atoms with E-state index in [1.165, 1.54) is 16.8 Å². The summed E-state index contributed by atoms with van der Waals surface area (Å²) in [4.78, 5) is 12.0. The van der Waals surface area contributed by atoms with Crippen molar-refractivity contribution < 1.29 is 4.39 Å². The number of benzene rings is 1. The van der Waals surface area contributed by atoms with Gasteiger partial charge in [-0.25, -0.2) is 9.07 Å². The SMILES string of the molecule is O=c1cc2c(nn1Cc1ccc(F)cc1Cl)CCCN2. The maximum atomic E-state index is 13.0. The Balaban J connectivity index is 1.96. The topological polar surface area (TPSA) is 46.9 Å². The molecule has 1 aromatic carbocycles. The van der Waals surface area contributed by atoms with E-state index in [0.29, 0.717) is 10.6 Å². The van der Waals surface area contributed by atoms with Gasteiger partial charge in [-0.1, -0.05) is 17.7 Å². The number of fused-ring (bicyclic) bond motifs is 1. The van der Waals surface area contributed by atoms with Gasteiger partial charge in [0.25, 0.3) is 5.56 Å². The lowest BCUT2D eigenvalue weighted by Gasteiger charge is -2.18. The maximum absolute atomic E-state index is 13.0. The number of nitrogens with zero attached hydrogens (tertiary/aromatic N) is 2. The Kier molecular flexibility index (Phi) is 3.44. The van der Waals surface area contributed by atoms with Gasteiger partial charge in [-0.3, -0.25) is 4.79 Å². The van der Waals surface area contributed by atoms with Gasteiger partial charge in [0.05, 0.1) is 17.9 Å². The summed E-state index contributed by atoms with van der Waals surface area (Å²) in [6.07, 6.45) is 1.84. The molecule has 20 heavy (non-hydrogen) atoms. The van der Waals surface area contributed by atoms with Crippen molar-refractivity contribution in [3.8, 4) is 0 Å². The number of anilines is 1. The molecule has 6 heteroatoms. The highest BCUT2D eigenvalue weighted by molar-refractivity contribution is 6.31. The van der Waals surface area contributed by atoms with Gasteiger partial charge in [-0.2, -0.15) is 5.10 Å². The van der Waals surface area contributed by atoms with Gasteiger partial charge >= 0.3 is 0 Å². The highest BCUT2D eigenvalue weighted by Gasteiger charge is 2.13. The van der Waals surface area contributed by atoms with E-state index in [2.05, 4.69) is 10.4 Å². The Morgan fingerprint density at radius 3 is 3.05 bits per heavy atom. The lowest BCUT2D eigenvalue weighted by atomic mass is 10.1. The van der Waals surface area contributed by atoms with Gasteiger partial charge in [-0.15, -0.1) is 0 Å². The quantitative estimate of drug-likeness (QED) is 0.925. The highest BCUT2D eigenvalue weighted by Crippen LogP contribution is 2.19. The summed E-state index contributed by atoms with van der Waals surface area (Å²) >= 11 is 5.98. The van der Waals surface area contributed by atoms with E-state index in [9.17, 15) is 9.18 Å². The molecular formula is C14H13ClFN3O. The first-order chi connectivity index (χ1) is 9.63. The molecule has 0 amide bonds. The zero-order valence-corrected chi connectivity index (χ0v) is 11.5. The summed E-state index contributed by atoms with van der Waals surface area (Å²) in [5.41, 5.74) is 2.17. The van der Waals surface area contributed by atoms with Crippen LogP contribution < -0.4 is 10.9 Å². The van der Waals surface area contributed by atoms with Gasteiger partial charge in [0, 0.05) is 17.6 Å². The average Bonchev–Trinajstić information content (AvgIpc) is 2.42. The lowest BCUT2D eigenvalue weighted by molar-refractivity contribution is 0.603. The molecular weight excluding hydrogens is 281 g/mol. The predicted molar refractivity (Wildman–Crippen MR) is 75.8 cm³/mol. The van der Waals surface area contributed by atoms with Crippen molar-refractivity contribution in [3.63, 3.8) is 0 Å². The Labute approximate surface area is 120 Å². The van der Waals surface area contributed by atoms with E-state index in [1.807, 2.05) is 0 Å². The summed E-state index contributed by atoms with van der Waals surface area (Å²) in [6.45, 7) is 1.10. The molecule has 1 aliphatic rings. The molecule has 0 radical (unpaired) electrons. The number of hydrogen-bond donors (Lipinski definition) is 1. The first-order valence-corrected chi connectivity index (χ1v) is 6.80. The smallest absolute Gasteiger partial charge is 0.269 e. The molecule has 0 saturated carbocycles. The number of rotatable bonds is 2. The third-order valence-electron chi connectivity index (χ3n) is 3.32. The Bertz CT molecular complexity index is 714. The third kappa shape index (κ3) is 2.54. The Morgan fingerprint density at radius 2 is 2.25 bits per heavy atom. The Hall–Kier alpha value is -1.88. The molecule has 0 saturated heterocycles. The molecule has 1 N–H and O–H groups in total. The van der Waals surface area contributed by atoms with E-state index < -0.39 is 5.82 Å². The standard InChI is InChI=1S/C14H13ClFN3O/c15-11-6-10(16)4-3-9(11)8-19-14(20)7-13-12(18-19)2-1-5-17-13/h3-4,6-7,17H,1-2,5,8H2. The summed E-state index contributed by atoms with van der Waals surface area (Å²) in [5.74, 6) is -0.395. The molecule has 0 spiro atoms. The van der Waals surface area contributed by atoms with Crippen LogP contribution >= 0.6 is 11.6 Å². The minimum atomic E-state index is -0.395. The van der Waals surface area contributed by atoms with Crippen LogP contribution in [0.1, 0.15) is 17.7 Å². The molecule has 4 nitrogen and oxygen atoms in total. The van der Waals surface area contributed by atoms with Crippen LogP contribution in [-0.2, 0) is 13.0 Å². The van der Waals surface area contributed by atoms with Crippen LogP contribution in [0.25, 0.3) is 0 Å². The van der Waals surface area contributed by atoms with Crippen LogP contribution in [0.2, 0.25) is 5.02 Å². The predicted octanol–water partition coefficient (Wildman–Crippen LogP) is 2.44. The van der Waals surface area contributed by atoms with Crippen molar-refractivity contribution in [2.75, 3.05) is 11.9 Å². The molecule has 3 rings (SSSR count). The summed E-state index contributed by atoms with van der Waals surface area (Å²) < 4.78 is 14.4. The van der Waals surface area contributed by atoms with Crippen molar-refractivity contribution in [2.24, 2.45) is 0 Å². The van der Waals surface area contributed by atoms with Gasteiger partial charge in [-0.05, 0) is 30.5 Å². The Morgan fingerprint density at radius 1 is 1.40 bits per heavy atom. The van der Waals surface area contributed by atoms with Crippen LogP contribution in [-0.4, -0.2) is 16.3 Å². The molecule has 104 valence electrons. The maximum Gasteiger partial charge on any atom is 0.269 e. The molecule has 0 fully saturated rings. The molecule has 2 heterocycles. The van der Waals surface area contributed by atoms with Gasteiger partial charge < -0.3 is 5.32 Å². The summed E-state index contributed by atoms with van der Waals surface area (Å²) in [6, 6.07) is 5.69. The van der Waals surface area contributed by atoms with Crippen molar-refractivity contribution in [2.45, 2.75) is 19.4 Å². The fraction of sp³-hybridized carbons (Fsp3) is 0.286. The van der Waals surface area contributed by atoms with E-state index in [-0.39, 0.29) is 12.1 Å². The van der Waals surface area contributed by atoms with E-state index in [1.54, 1.807) is 12.1 Å². The normalized spacial score (nSPS) is 13.7. The van der Waals surface area contributed by atoms with Gasteiger partial charge in [0.2, 0.25) is 0 Å². The monoisotopic (exact) mass is 293 g/mol. The number of hydrogen-bond acceptors (Lipinski definition) is 3. The first kappa shape index (κ1) is 13.1. The van der Waals surface area contributed by atoms with E-state index in [0.717, 1.165) is 30.8 Å². The fourth-order valence-electron chi connectivity index (χ4n) is 2.27. The first-order valence-electron chi connectivity index (χ1n) is 6.42. The highest BCUT2D eigenvalue weighted by atomic mass is 35.5. The second-order valence-electron chi connectivity index (χ2n) is 4.77. The minimum absolute atomic E-state index is 0.196. The molecule has 0 aliphatic carbocycles. The van der Waals surface area contributed by atoms with Crippen LogP contribution in [0.4, 0.5) is 10.1 Å². The van der Waals surface area contributed by atoms with Crippen molar-refractivity contribution in [1.82, 2.24) is 9.78 Å². The summed E-state index contributed by atoms with van der Waals surface area (Å²) in [5, 5.41) is 7.82. The molecule has 0 bridgehead atoms. The van der Waals surface area contributed by atoms with E-state index in [4.69, 9.17) is 11.6 Å². The molecule has 0 unspecified atom stereocenters. The molecule has 1 aliphatic heterocycles.